The van der Waals surface area contributed by atoms with E-state index in [1.807, 2.05) is 12.1 Å². The van der Waals surface area contributed by atoms with Crippen LogP contribution >= 0.6 is 34.7 Å². The lowest BCUT2D eigenvalue weighted by Crippen LogP contribution is -2.05. The van der Waals surface area contributed by atoms with Crippen LogP contribution in [-0.2, 0) is 0 Å². The lowest BCUT2D eigenvalue weighted by molar-refractivity contribution is 0.292. The summed E-state index contributed by atoms with van der Waals surface area (Å²) >= 11 is 9.03. The van der Waals surface area contributed by atoms with Crippen LogP contribution in [0.3, 0.4) is 0 Å². The molecular formula is C8H11ClOS2. The average Bonchev–Trinajstić information content (AvgIpc) is 2.47. The van der Waals surface area contributed by atoms with Crippen molar-refractivity contribution in [2.24, 2.45) is 0 Å². The van der Waals surface area contributed by atoms with E-state index in [0.29, 0.717) is 5.25 Å². The van der Waals surface area contributed by atoms with Crippen molar-refractivity contribution in [2.45, 2.75) is 22.8 Å². The number of aliphatic hydroxyl groups excluding tert-OH is 1. The molecule has 0 bridgehead atoms. The Kier molecular flexibility index (Phi) is 4.43. The van der Waals surface area contributed by atoms with Crippen LogP contribution in [-0.4, -0.2) is 17.0 Å². The number of thioether (sulfide) groups is 1. The molecule has 4 heteroatoms. The molecule has 1 unspecified atom stereocenters. The first-order valence-electron chi connectivity index (χ1n) is 3.79. The number of thiophene rings is 1. The van der Waals surface area contributed by atoms with E-state index in [0.717, 1.165) is 10.8 Å². The zero-order valence-electron chi connectivity index (χ0n) is 6.79. The van der Waals surface area contributed by atoms with Crippen molar-refractivity contribution >= 4 is 34.7 Å². The molecule has 0 aliphatic heterocycles. The molecule has 0 spiro atoms. The van der Waals surface area contributed by atoms with Crippen LogP contribution in [0.1, 0.15) is 13.3 Å². The summed E-state index contributed by atoms with van der Waals surface area (Å²) in [6, 6.07) is 3.88. The molecule has 1 aromatic rings. The predicted octanol–water partition coefficient (Wildman–Crippen LogP) is 3.26. The number of rotatable bonds is 4. The van der Waals surface area contributed by atoms with E-state index in [1.54, 1.807) is 23.1 Å². The summed E-state index contributed by atoms with van der Waals surface area (Å²) in [7, 11) is 0. The van der Waals surface area contributed by atoms with Crippen LogP contribution in [0.5, 0.6) is 0 Å². The van der Waals surface area contributed by atoms with E-state index in [9.17, 15) is 0 Å². The molecule has 1 rings (SSSR count). The van der Waals surface area contributed by atoms with E-state index >= 15 is 0 Å². The Balaban J connectivity index is 2.50. The molecule has 1 N–H and O–H groups in total. The van der Waals surface area contributed by atoms with Gasteiger partial charge < -0.3 is 5.11 Å². The second-order valence-electron chi connectivity index (χ2n) is 2.39. The Morgan fingerprint density at radius 3 is 2.83 bits per heavy atom. The molecule has 68 valence electrons. The largest absolute Gasteiger partial charge is 0.395 e. The summed E-state index contributed by atoms with van der Waals surface area (Å²) in [5.74, 6) is 0. The van der Waals surface area contributed by atoms with Crippen LogP contribution in [0, 0.1) is 0 Å². The lowest BCUT2D eigenvalue weighted by Gasteiger charge is -2.07. The van der Waals surface area contributed by atoms with Crippen LogP contribution < -0.4 is 0 Å². The third-order valence-electron chi connectivity index (χ3n) is 1.49. The lowest BCUT2D eigenvalue weighted by atomic mass is 10.3. The van der Waals surface area contributed by atoms with Gasteiger partial charge in [0.1, 0.15) is 0 Å². The Hall–Kier alpha value is 0.300. The smallest absolute Gasteiger partial charge is 0.0940 e. The van der Waals surface area contributed by atoms with E-state index < -0.39 is 0 Å². The Bertz CT molecular complexity index is 233. The van der Waals surface area contributed by atoms with E-state index in [4.69, 9.17) is 16.7 Å². The van der Waals surface area contributed by atoms with Gasteiger partial charge in [-0.3, -0.25) is 0 Å². The highest BCUT2D eigenvalue weighted by atomic mass is 35.5. The Labute approximate surface area is 85.8 Å². The minimum Gasteiger partial charge on any atom is -0.395 e. The maximum Gasteiger partial charge on any atom is 0.0940 e. The highest BCUT2D eigenvalue weighted by Gasteiger charge is 2.07. The minimum absolute atomic E-state index is 0.233. The van der Waals surface area contributed by atoms with Gasteiger partial charge in [0.2, 0.25) is 0 Å². The molecule has 12 heavy (non-hydrogen) atoms. The normalized spacial score (nSPS) is 13.2. The monoisotopic (exact) mass is 222 g/mol. The standard InChI is InChI=1S/C8H11ClOS2/c1-2-6(5-10)11-8-4-3-7(9)12-8/h3-4,6,10H,2,5H2,1H3. The molecule has 1 heterocycles. The topological polar surface area (TPSA) is 20.2 Å². The Morgan fingerprint density at radius 1 is 1.67 bits per heavy atom. The fourth-order valence-electron chi connectivity index (χ4n) is 0.775. The van der Waals surface area contributed by atoms with Crippen molar-refractivity contribution in [2.75, 3.05) is 6.61 Å². The van der Waals surface area contributed by atoms with Gasteiger partial charge in [-0.2, -0.15) is 0 Å². The number of halogens is 1. The van der Waals surface area contributed by atoms with Crippen molar-refractivity contribution in [3.05, 3.63) is 16.5 Å². The first kappa shape index (κ1) is 10.4. The second-order valence-corrected chi connectivity index (χ2v) is 5.70. The van der Waals surface area contributed by atoms with Crippen molar-refractivity contribution in [1.82, 2.24) is 0 Å². The third-order valence-corrected chi connectivity index (χ3v) is 4.24. The maximum absolute atomic E-state index is 8.94. The van der Waals surface area contributed by atoms with Gasteiger partial charge in [0.05, 0.1) is 15.2 Å². The average molecular weight is 223 g/mol. The SMILES string of the molecule is CCC(CO)Sc1ccc(Cl)s1. The summed E-state index contributed by atoms with van der Waals surface area (Å²) in [4.78, 5) is 0. The van der Waals surface area contributed by atoms with Gasteiger partial charge in [0.25, 0.3) is 0 Å². The molecule has 0 saturated heterocycles. The number of hydrogen-bond acceptors (Lipinski definition) is 3. The molecular weight excluding hydrogens is 212 g/mol. The summed E-state index contributed by atoms with van der Waals surface area (Å²) in [6.45, 7) is 2.31. The van der Waals surface area contributed by atoms with Gasteiger partial charge in [0, 0.05) is 5.25 Å². The van der Waals surface area contributed by atoms with E-state index in [-0.39, 0.29) is 6.61 Å². The van der Waals surface area contributed by atoms with Crippen LogP contribution in [0.4, 0.5) is 0 Å². The van der Waals surface area contributed by atoms with Crippen molar-refractivity contribution in [3.63, 3.8) is 0 Å². The van der Waals surface area contributed by atoms with E-state index in [1.165, 1.54) is 4.21 Å². The summed E-state index contributed by atoms with van der Waals surface area (Å²) < 4.78 is 1.99. The van der Waals surface area contributed by atoms with Crippen LogP contribution in [0.15, 0.2) is 16.3 Å². The summed E-state index contributed by atoms with van der Waals surface area (Å²) in [5.41, 5.74) is 0. The molecule has 1 nitrogen and oxygen atoms in total. The van der Waals surface area contributed by atoms with Gasteiger partial charge in [-0.05, 0) is 18.6 Å². The van der Waals surface area contributed by atoms with Crippen molar-refractivity contribution < 1.29 is 5.11 Å². The van der Waals surface area contributed by atoms with Crippen LogP contribution in [0.25, 0.3) is 0 Å². The molecule has 0 saturated carbocycles. The first-order valence-corrected chi connectivity index (χ1v) is 5.86. The molecule has 0 fully saturated rings. The van der Waals surface area contributed by atoms with Gasteiger partial charge in [-0.15, -0.1) is 23.1 Å². The molecule has 0 aliphatic rings. The molecule has 0 radical (unpaired) electrons. The van der Waals surface area contributed by atoms with Crippen molar-refractivity contribution in [1.29, 1.82) is 0 Å². The van der Waals surface area contributed by atoms with Crippen molar-refractivity contribution in [3.8, 4) is 0 Å². The van der Waals surface area contributed by atoms with Gasteiger partial charge in [0.15, 0.2) is 0 Å². The summed E-state index contributed by atoms with van der Waals surface area (Å²) in [6.07, 6.45) is 0.983. The minimum atomic E-state index is 0.233. The zero-order chi connectivity index (χ0) is 8.97. The molecule has 0 aromatic carbocycles. The predicted molar refractivity (Wildman–Crippen MR) is 56.4 cm³/mol. The van der Waals surface area contributed by atoms with Gasteiger partial charge in [-0.1, -0.05) is 18.5 Å². The maximum atomic E-state index is 8.94. The zero-order valence-corrected chi connectivity index (χ0v) is 9.18. The van der Waals surface area contributed by atoms with Gasteiger partial charge >= 0.3 is 0 Å². The van der Waals surface area contributed by atoms with Gasteiger partial charge in [-0.25, -0.2) is 0 Å². The Morgan fingerprint density at radius 2 is 2.42 bits per heavy atom. The molecule has 1 atom stereocenters. The van der Waals surface area contributed by atoms with E-state index in [2.05, 4.69) is 6.92 Å². The third kappa shape index (κ3) is 2.98. The first-order chi connectivity index (χ1) is 5.76. The fraction of sp³-hybridized carbons (Fsp3) is 0.500. The fourth-order valence-corrected chi connectivity index (χ4v) is 3.28. The number of aliphatic hydroxyl groups is 1. The molecule has 0 amide bonds. The quantitative estimate of drug-likeness (QED) is 0.790. The summed E-state index contributed by atoms with van der Waals surface area (Å²) in [5, 5.41) is 9.25. The second kappa shape index (κ2) is 5.12. The highest BCUT2D eigenvalue weighted by Crippen LogP contribution is 2.33. The molecule has 1 aromatic heterocycles. The molecule has 0 aliphatic carbocycles. The van der Waals surface area contributed by atoms with Crippen LogP contribution in [0.2, 0.25) is 4.34 Å². The highest BCUT2D eigenvalue weighted by molar-refractivity contribution is 8.01. The number of hydrogen-bond donors (Lipinski definition) is 1.